The fourth-order valence-corrected chi connectivity index (χ4v) is 2.17. The van der Waals surface area contributed by atoms with E-state index in [2.05, 4.69) is 10.2 Å². The van der Waals surface area contributed by atoms with E-state index >= 15 is 0 Å². The molecular formula is C15H34N2O. The number of carbonyl (C=O) groups excluding carboxylic acids is 1. The second-order valence-electron chi connectivity index (χ2n) is 3.69. The van der Waals surface area contributed by atoms with Gasteiger partial charge in [0.1, 0.15) is 0 Å². The van der Waals surface area contributed by atoms with Gasteiger partial charge in [0, 0.05) is 13.1 Å². The molecule has 0 aromatic rings. The van der Waals surface area contributed by atoms with Gasteiger partial charge < -0.3 is 5.32 Å². The van der Waals surface area contributed by atoms with Crippen LogP contribution >= 0.6 is 0 Å². The molecule has 1 N–H and O–H groups in total. The first-order valence-corrected chi connectivity index (χ1v) is 7.90. The zero-order valence-electron chi connectivity index (χ0n) is 13.4. The van der Waals surface area contributed by atoms with Gasteiger partial charge in [-0.2, -0.15) is 0 Å². The molecule has 1 unspecified atom stereocenters. The maximum absolute atomic E-state index is 11.4. The van der Waals surface area contributed by atoms with E-state index in [9.17, 15) is 4.79 Å². The second kappa shape index (κ2) is 14.5. The van der Waals surface area contributed by atoms with Crippen molar-refractivity contribution in [1.29, 1.82) is 0 Å². The number of piperazine rings is 1. The van der Waals surface area contributed by atoms with E-state index in [0.29, 0.717) is 0 Å². The Bertz CT molecular complexity index is 183. The lowest BCUT2D eigenvalue weighted by Crippen LogP contribution is -2.54. The summed E-state index contributed by atoms with van der Waals surface area (Å²) in [4.78, 5) is 13.8. The lowest BCUT2D eigenvalue weighted by molar-refractivity contribution is -0.128. The Balaban J connectivity index is 0. The lowest BCUT2D eigenvalue weighted by Gasteiger charge is -2.33. The first-order valence-electron chi connectivity index (χ1n) is 7.90. The average Bonchev–Trinajstić information content (AvgIpc) is 2.72. The summed E-state index contributed by atoms with van der Waals surface area (Å²) < 4.78 is 0. The molecule has 0 aliphatic carbocycles. The molecule has 0 aromatic heterocycles. The quantitative estimate of drug-likeness (QED) is 0.722. The highest BCUT2D eigenvalue weighted by Crippen LogP contribution is 2.17. The minimum Gasteiger partial charge on any atom is -0.353 e. The number of carbonyl (C=O) groups is 1. The predicted octanol–water partition coefficient (Wildman–Crippen LogP) is 3.44. The van der Waals surface area contributed by atoms with Crippen molar-refractivity contribution in [2.75, 3.05) is 19.6 Å². The van der Waals surface area contributed by atoms with Crippen LogP contribution in [0.1, 0.15) is 67.2 Å². The fraction of sp³-hybridized carbons (Fsp3) is 0.933. The molecule has 0 saturated carbocycles. The number of fused-ring (bicyclic) bond motifs is 1. The van der Waals surface area contributed by atoms with Gasteiger partial charge in [0.05, 0.1) is 6.04 Å². The summed E-state index contributed by atoms with van der Waals surface area (Å²) in [5, 5.41) is 2.93. The first-order chi connectivity index (χ1) is 8.88. The third-order valence-corrected chi connectivity index (χ3v) is 2.86. The summed E-state index contributed by atoms with van der Waals surface area (Å²) in [5.41, 5.74) is 0. The zero-order valence-corrected chi connectivity index (χ0v) is 13.4. The molecule has 0 radical (unpaired) electrons. The fourth-order valence-electron chi connectivity index (χ4n) is 2.17. The van der Waals surface area contributed by atoms with Gasteiger partial charge in [-0.3, -0.25) is 9.69 Å². The summed E-state index contributed by atoms with van der Waals surface area (Å²) >= 11 is 0. The molecule has 0 spiro atoms. The van der Waals surface area contributed by atoms with Crippen LogP contribution in [0.4, 0.5) is 0 Å². The molecule has 2 aliphatic heterocycles. The van der Waals surface area contributed by atoms with E-state index < -0.39 is 0 Å². The largest absolute Gasteiger partial charge is 0.353 e. The molecule has 2 aliphatic rings. The zero-order chi connectivity index (χ0) is 14.4. The van der Waals surface area contributed by atoms with Crippen LogP contribution < -0.4 is 5.32 Å². The van der Waals surface area contributed by atoms with Crippen LogP contribution in [0.3, 0.4) is 0 Å². The minimum atomic E-state index is 0.196. The first kappa shape index (κ1) is 19.8. The van der Waals surface area contributed by atoms with E-state index in [1.165, 1.54) is 19.3 Å². The summed E-state index contributed by atoms with van der Waals surface area (Å²) in [6.07, 6.45) is 4.84. The molecular weight excluding hydrogens is 224 g/mol. The molecule has 3 nitrogen and oxygen atoms in total. The topological polar surface area (TPSA) is 32.3 Å². The highest BCUT2D eigenvalue weighted by atomic mass is 16.2. The summed E-state index contributed by atoms with van der Waals surface area (Å²) in [5.74, 6) is 0.253. The molecule has 1 amide bonds. The number of hydrogen-bond acceptors (Lipinski definition) is 2. The van der Waals surface area contributed by atoms with Crippen LogP contribution in [0, 0.1) is 0 Å². The van der Waals surface area contributed by atoms with Crippen LogP contribution in [0.5, 0.6) is 0 Å². The molecule has 2 saturated heterocycles. The van der Waals surface area contributed by atoms with Gasteiger partial charge in [0.25, 0.3) is 0 Å². The summed E-state index contributed by atoms with van der Waals surface area (Å²) in [6.45, 7) is 15.0. The Labute approximate surface area is 114 Å². The number of rotatable bonds is 0. The Kier molecular flexibility index (Phi) is 15.9. The van der Waals surface area contributed by atoms with Gasteiger partial charge in [-0.1, -0.05) is 54.4 Å². The second-order valence-corrected chi connectivity index (χ2v) is 3.69. The Morgan fingerprint density at radius 3 is 2.17 bits per heavy atom. The van der Waals surface area contributed by atoms with Crippen molar-refractivity contribution in [3.63, 3.8) is 0 Å². The van der Waals surface area contributed by atoms with Crippen LogP contribution in [0.15, 0.2) is 0 Å². The molecule has 110 valence electrons. The Hall–Kier alpha value is -0.570. The highest BCUT2D eigenvalue weighted by Gasteiger charge is 2.29. The average molecular weight is 258 g/mol. The van der Waals surface area contributed by atoms with Crippen LogP contribution in [-0.2, 0) is 4.79 Å². The van der Waals surface area contributed by atoms with Crippen LogP contribution in [-0.4, -0.2) is 36.5 Å². The molecule has 3 heteroatoms. The standard InChI is InChI=1S/C9H16N2O.3C2H6/c12-9-8-4-2-1-3-6-11(8)7-5-10-9;3*1-2/h8H,1-7H2,(H,10,12);3*1-2H3. The van der Waals surface area contributed by atoms with Crippen LogP contribution in [0.2, 0.25) is 0 Å². The molecule has 2 rings (SSSR count). The number of nitrogens with zero attached hydrogens (tertiary/aromatic N) is 1. The van der Waals surface area contributed by atoms with Crippen molar-refractivity contribution in [2.45, 2.75) is 73.3 Å². The number of hydrogen-bond donors (Lipinski definition) is 1. The maximum Gasteiger partial charge on any atom is 0.237 e. The van der Waals surface area contributed by atoms with Crippen molar-refractivity contribution < 1.29 is 4.79 Å². The van der Waals surface area contributed by atoms with E-state index in [-0.39, 0.29) is 11.9 Å². The number of amides is 1. The van der Waals surface area contributed by atoms with Crippen molar-refractivity contribution in [3.8, 4) is 0 Å². The van der Waals surface area contributed by atoms with Crippen molar-refractivity contribution >= 4 is 5.91 Å². The molecule has 2 heterocycles. The van der Waals surface area contributed by atoms with Crippen molar-refractivity contribution in [1.82, 2.24) is 10.2 Å². The Morgan fingerprint density at radius 1 is 0.944 bits per heavy atom. The normalized spacial score (nSPS) is 22.3. The van der Waals surface area contributed by atoms with E-state index in [1.807, 2.05) is 41.5 Å². The van der Waals surface area contributed by atoms with Gasteiger partial charge in [0.15, 0.2) is 0 Å². The van der Waals surface area contributed by atoms with Crippen molar-refractivity contribution in [3.05, 3.63) is 0 Å². The molecule has 18 heavy (non-hydrogen) atoms. The third kappa shape index (κ3) is 7.00. The molecule has 2 fully saturated rings. The smallest absolute Gasteiger partial charge is 0.237 e. The minimum absolute atomic E-state index is 0.196. The SMILES string of the molecule is CC.CC.CC.O=C1NCCN2CCCCCC12. The van der Waals surface area contributed by atoms with Gasteiger partial charge in [-0.25, -0.2) is 0 Å². The molecule has 1 atom stereocenters. The monoisotopic (exact) mass is 258 g/mol. The van der Waals surface area contributed by atoms with E-state index in [1.54, 1.807) is 0 Å². The third-order valence-electron chi connectivity index (χ3n) is 2.86. The van der Waals surface area contributed by atoms with Gasteiger partial charge in [0.2, 0.25) is 5.91 Å². The van der Waals surface area contributed by atoms with Gasteiger partial charge >= 0.3 is 0 Å². The Morgan fingerprint density at radius 2 is 1.56 bits per heavy atom. The van der Waals surface area contributed by atoms with Gasteiger partial charge in [-0.05, 0) is 19.4 Å². The summed E-state index contributed by atoms with van der Waals surface area (Å²) in [7, 11) is 0. The van der Waals surface area contributed by atoms with Crippen LogP contribution in [0.25, 0.3) is 0 Å². The maximum atomic E-state index is 11.4. The van der Waals surface area contributed by atoms with Crippen molar-refractivity contribution in [2.24, 2.45) is 0 Å². The van der Waals surface area contributed by atoms with Gasteiger partial charge in [-0.15, -0.1) is 0 Å². The molecule has 0 bridgehead atoms. The molecule has 0 aromatic carbocycles. The van der Waals surface area contributed by atoms with E-state index in [0.717, 1.165) is 26.1 Å². The van der Waals surface area contributed by atoms with E-state index in [4.69, 9.17) is 0 Å². The summed E-state index contributed by atoms with van der Waals surface area (Å²) in [6, 6.07) is 0.196. The lowest BCUT2D eigenvalue weighted by atomic mass is 10.1. The predicted molar refractivity (Wildman–Crippen MR) is 80.9 cm³/mol. The highest BCUT2D eigenvalue weighted by molar-refractivity contribution is 5.82. The number of nitrogens with one attached hydrogen (secondary N) is 1.